The van der Waals surface area contributed by atoms with E-state index in [4.69, 9.17) is 25.2 Å². The van der Waals surface area contributed by atoms with E-state index in [9.17, 15) is 0 Å². The molecule has 4 aromatic rings. The van der Waals surface area contributed by atoms with Crippen molar-refractivity contribution in [2.75, 3.05) is 71.5 Å². The van der Waals surface area contributed by atoms with Crippen molar-refractivity contribution in [3.8, 4) is 22.8 Å². The van der Waals surface area contributed by atoms with Crippen LogP contribution in [0, 0.1) is 5.92 Å². The van der Waals surface area contributed by atoms with E-state index >= 15 is 0 Å². The number of fused-ring (bicyclic) bond motifs is 1. The van der Waals surface area contributed by atoms with Crippen LogP contribution < -0.4 is 20.1 Å². The Morgan fingerprint density at radius 1 is 0.837 bits per heavy atom. The molecule has 10 heteroatoms. The van der Waals surface area contributed by atoms with Crippen LogP contribution in [0.4, 0.5) is 11.4 Å². The quantitative estimate of drug-likeness (QED) is 0.231. The van der Waals surface area contributed by atoms with Gasteiger partial charge in [-0.1, -0.05) is 0 Å². The van der Waals surface area contributed by atoms with Gasteiger partial charge in [-0.3, -0.25) is 9.67 Å². The van der Waals surface area contributed by atoms with Gasteiger partial charge in [0.15, 0.2) is 0 Å². The number of aryl methyl sites for hydroxylation is 1. The Hall–Kier alpha value is -3.73. The topological polar surface area (TPSA) is 97.8 Å². The second-order valence-electron chi connectivity index (χ2n) is 11.7. The summed E-state index contributed by atoms with van der Waals surface area (Å²) in [5, 5.41) is 4.64. The minimum atomic E-state index is 0.682. The molecule has 2 aliphatic rings. The third-order valence-corrected chi connectivity index (χ3v) is 8.56. The predicted molar refractivity (Wildman–Crippen MR) is 171 cm³/mol. The highest BCUT2D eigenvalue weighted by Crippen LogP contribution is 2.38. The number of hydrogen-bond donors (Lipinski definition) is 1. The number of hydrogen-bond acceptors (Lipinski definition) is 9. The summed E-state index contributed by atoms with van der Waals surface area (Å²) in [6.45, 7) is 9.35. The Balaban J connectivity index is 1.14. The molecule has 0 spiro atoms. The molecule has 1 saturated carbocycles. The van der Waals surface area contributed by atoms with Crippen molar-refractivity contribution in [3.63, 3.8) is 0 Å². The van der Waals surface area contributed by atoms with Crippen LogP contribution in [0.3, 0.4) is 0 Å². The number of ether oxygens (including phenoxy) is 2. The van der Waals surface area contributed by atoms with Crippen molar-refractivity contribution in [2.45, 2.75) is 32.2 Å². The van der Waals surface area contributed by atoms with Crippen LogP contribution in [0.2, 0.25) is 0 Å². The summed E-state index contributed by atoms with van der Waals surface area (Å²) in [5.74, 6) is 2.23. The third kappa shape index (κ3) is 7.44. The normalized spacial score (nSPS) is 16.1. The van der Waals surface area contributed by atoms with Crippen molar-refractivity contribution >= 4 is 22.4 Å². The summed E-state index contributed by atoms with van der Waals surface area (Å²) in [6.07, 6.45) is 10.5. The van der Waals surface area contributed by atoms with Gasteiger partial charge in [0.25, 0.3) is 0 Å². The number of methoxy groups -OCH3 is 2. The van der Waals surface area contributed by atoms with E-state index in [1.165, 1.54) is 12.8 Å². The SMILES string of the molecule is COc1cc(OC)cc(N(CC2CC2)c2ccc3ncc(-c4cnn(CCCN5CCN(CCCN)CC5)c4)nc3c2)c1. The Morgan fingerprint density at radius 3 is 2.23 bits per heavy atom. The first-order valence-electron chi connectivity index (χ1n) is 15.6. The predicted octanol–water partition coefficient (Wildman–Crippen LogP) is 4.42. The first kappa shape index (κ1) is 29.3. The van der Waals surface area contributed by atoms with Crippen LogP contribution in [-0.2, 0) is 6.54 Å². The fraction of sp³-hybridized carbons (Fsp3) is 0.485. The van der Waals surface area contributed by atoms with Gasteiger partial charge in [0.1, 0.15) is 11.5 Å². The summed E-state index contributed by atoms with van der Waals surface area (Å²) in [7, 11) is 3.37. The standard InChI is InChI=1S/C33H44N8O2/c1-42-29-17-28(18-30(20-29)43-2)41(23-25-5-6-25)27-7-8-31-32(19-27)37-33(22-35-31)26-21-36-40(24-26)12-4-11-39-15-13-38(14-16-39)10-3-9-34/h7-8,17-22,24-25H,3-6,9-16,23,34H2,1-2H3. The van der Waals surface area contributed by atoms with Crippen LogP contribution in [0.5, 0.6) is 11.5 Å². The number of aromatic nitrogens is 4. The molecule has 1 aliphatic heterocycles. The molecule has 10 nitrogen and oxygen atoms in total. The van der Waals surface area contributed by atoms with Gasteiger partial charge in [0.05, 0.1) is 43.3 Å². The first-order valence-corrected chi connectivity index (χ1v) is 15.6. The van der Waals surface area contributed by atoms with E-state index < -0.39 is 0 Å². The van der Waals surface area contributed by atoms with Gasteiger partial charge in [-0.2, -0.15) is 5.10 Å². The molecule has 0 radical (unpaired) electrons. The molecule has 228 valence electrons. The molecule has 2 aromatic heterocycles. The Labute approximate surface area is 254 Å². The minimum Gasteiger partial charge on any atom is -0.497 e. The zero-order valence-corrected chi connectivity index (χ0v) is 25.5. The van der Waals surface area contributed by atoms with Crippen LogP contribution in [0.15, 0.2) is 55.0 Å². The van der Waals surface area contributed by atoms with Crippen molar-refractivity contribution in [1.82, 2.24) is 29.5 Å². The second-order valence-corrected chi connectivity index (χ2v) is 11.7. The number of benzene rings is 2. The molecule has 2 fully saturated rings. The molecule has 0 unspecified atom stereocenters. The maximum absolute atomic E-state index is 5.67. The first-order chi connectivity index (χ1) is 21.1. The lowest BCUT2D eigenvalue weighted by Crippen LogP contribution is -2.47. The van der Waals surface area contributed by atoms with E-state index in [1.54, 1.807) is 14.2 Å². The number of rotatable bonds is 14. The molecule has 43 heavy (non-hydrogen) atoms. The molecule has 0 amide bonds. The molecule has 2 aromatic carbocycles. The summed E-state index contributed by atoms with van der Waals surface area (Å²) in [6, 6.07) is 12.4. The molecule has 2 N–H and O–H groups in total. The molecule has 3 heterocycles. The molecular formula is C33H44N8O2. The smallest absolute Gasteiger partial charge is 0.124 e. The Bertz CT molecular complexity index is 1470. The fourth-order valence-corrected chi connectivity index (χ4v) is 5.80. The van der Waals surface area contributed by atoms with Crippen LogP contribution >= 0.6 is 0 Å². The van der Waals surface area contributed by atoms with Gasteiger partial charge >= 0.3 is 0 Å². The lowest BCUT2D eigenvalue weighted by Gasteiger charge is -2.34. The zero-order chi connectivity index (χ0) is 29.6. The molecule has 0 atom stereocenters. The Kier molecular flexibility index (Phi) is 9.36. The van der Waals surface area contributed by atoms with Crippen molar-refractivity contribution in [2.24, 2.45) is 11.7 Å². The van der Waals surface area contributed by atoms with Gasteiger partial charge in [0.2, 0.25) is 0 Å². The highest BCUT2D eigenvalue weighted by Gasteiger charge is 2.26. The van der Waals surface area contributed by atoms with Gasteiger partial charge in [0, 0.05) is 80.6 Å². The van der Waals surface area contributed by atoms with E-state index in [2.05, 4.69) is 56.3 Å². The number of piperazine rings is 1. The van der Waals surface area contributed by atoms with Crippen molar-refractivity contribution in [1.29, 1.82) is 0 Å². The second kappa shape index (κ2) is 13.7. The molecule has 1 aliphatic carbocycles. The lowest BCUT2D eigenvalue weighted by molar-refractivity contribution is 0.129. The monoisotopic (exact) mass is 584 g/mol. The van der Waals surface area contributed by atoms with Crippen LogP contribution in [-0.4, -0.2) is 96.1 Å². The summed E-state index contributed by atoms with van der Waals surface area (Å²) >= 11 is 0. The zero-order valence-electron chi connectivity index (χ0n) is 25.5. The van der Waals surface area contributed by atoms with Gasteiger partial charge in [-0.25, -0.2) is 4.98 Å². The highest BCUT2D eigenvalue weighted by atomic mass is 16.5. The fourth-order valence-electron chi connectivity index (χ4n) is 5.80. The van der Waals surface area contributed by atoms with Gasteiger partial charge in [-0.05, 0) is 69.4 Å². The van der Waals surface area contributed by atoms with Gasteiger partial charge in [-0.15, -0.1) is 0 Å². The van der Waals surface area contributed by atoms with Crippen LogP contribution in [0.25, 0.3) is 22.3 Å². The average Bonchev–Trinajstić information content (AvgIpc) is 3.76. The van der Waals surface area contributed by atoms with E-state index in [0.29, 0.717) is 5.92 Å². The van der Waals surface area contributed by atoms with Crippen molar-refractivity contribution in [3.05, 3.63) is 55.0 Å². The van der Waals surface area contributed by atoms with Crippen molar-refractivity contribution < 1.29 is 9.47 Å². The van der Waals surface area contributed by atoms with Gasteiger partial charge < -0.3 is 29.9 Å². The van der Waals surface area contributed by atoms with E-state index in [-0.39, 0.29) is 0 Å². The Morgan fingerprint density at radius 2 is 1.56 bits per heavy atom. The third-order valence-electron chi connectivity index (χ3n) is 8.56. The van der Waals surface area contributed by atoms with E-state index in [0.717, 1.165) is 117 Å². The number of nitrogens with two attached hydrogens (primary N) is 1. The minimum absolute atomic E-state index is 0.682. The van der Waals surface area contributed by atoms with E-state index in [1.807, 2.05) is 23.1 Å². The average molecular weight is 585 g/mol. The number of nitrogens with zero attached hydrogens (tertiary/aromatic N) is 7. The summed E-state index contributed by atoms with van der Waals surface area (Å²) in [5.41, 5.74) is 11.3. The summed E-state index contributed by atoms with van der Waals surface area (Å²) < 4.78 is 13.2. The highest BCUT2D eigenvalue weighted by molar-refractivity contribution is 5.82. The number of anilines is 2. The molecule has 1 saturated heterocycles. The molecule has 0 bridgehead atoms. The molecule has 6 rings (SSSR count). The maximum atomic E-state index is 5.67. The summed E-state index contributed by atoms with van der Waals surface area (Å²) in [4.78, 5) is 17.2. The largest absolute Gasteiger partial charge is 0.497 e. The lowest BCUT2D eigenvalue weighted by atomic mass is 10.1. The molecular weight excluding hydrogens is 540 g/mol. The van der Waals surface area contributed by atoms with Crippen LogP contribution in [0.1, 0.15) is 25.7 Å². The maximum Gasteiger partial charge on any atom is 0.124 e.